The van der Waals surface area contributed by atoms with E-state index in [9.17, 15) is 10.2 Å². The van der Waals surface area contributed by atoms with E-state index in [1.807, 2.05) is 7.05 Å². The minimum absolute atomic E-state index is 0.0920. The van der Waals surface area contributed by atoms with E-state index < -0.39 is 12.2 Å². The number of methoxy groups -OCH3 is 1. The maximum absolute atomic E-state index is 9.57. The summed E-state index contributed by atoms with van der Waals surface area (Å²) in [6, 6.07) is 0. The smallest absolute Gasteiger partial charge is 0.0922 e. The lowest BCUT2D eigenvalue weighted by Crippen LogP contribution is -2.36. The highest BCUT2D eigenvalue weighted by Gasteiger charge is 2.13. The highest BCUT2D eigenvalue weighted by atomic mass is 16.5. The Kier molecular flexibility index (Phi) is 21.6. The van der Waals surface area contributed by atoms with Crippen molar-refractivity contribution in [3.8, 4) is 0 Å². The number of likely N-dealkylation sites (N-methyl/N-ethyl adjacent to an activating group) is 1. The molecule has 0 amide bonds. The van der Waals surface area contributed by atoms with Crippen molar-refractivity contribution in [3.63, 3.8) is 0 Å². The first-order valence-corrected chi connectivity index (χ1v) is 11.8. The second kappa shape index (κ2) is 20.1. The minimum Gasteiger partial charge on any atom is -0.391 e. The molecule has 4 nitrogen and oxygen atoms in total. The number of nitrogens with zero attached hydrogens (tertiary/aromatic N) is 1. The van der Waals surface area contributed by atoms with Crippen molar-refractivity contribution in [1.29, 1.82) is 0 Å². The molecule has 0 aromatic carbocycles. The molecule has 2 N–H and O–H groups in total. The van der Waals surface area contributed by atoms with Gasteiger partial charge in [0, 0.05) is 13.7 Å². The molecule has 2 atom stereocenters. The van der Waals surface area contributed by atoms with Gasteiger partial charge in [0.25, 0.3) is 0 Å². The first kappa shape index (κ1) is 30.0. The third-order valence-electron chi connectivity index (χ3n) is 5.35. The highest BCUT2D eigenvalue weighted by Crippen LogP contribution is 2.14. The summed E-state index contributed by atoms with van der Waals surface area (Å²) in [6.45, 7) is 11.9. The molecule has 2 unspecified atom stereocenters. The Morgan fingerprint density at radius 1 is 0.821 bits per heavy atom. The molecule has 0 aliphatic carbocycles. The summed E-state index contributed by atoms with van der Waals surface area (Å²) in [6.07, 6.45) is 14.6. The van der Waals surface area contributed by atoms with Crippen LogP contribution in [0.5, 0.6) is 0 Å². The molecule has 28 heavy (non-hydrogen) atoms. The molecule has 0 aliphatic rings. The Morgan fingerprint density at radius 2 is 1.29 bits per heavy atom. The van der Waals surface area contributed by atoms with Crippen LogP contribution in [0.3, 0.4) is 0 Å². The lowest BCUT2D eigenvalue weighted by molar-refractivity contribution is 0.0121. The van der Waals surface area contributed by atoms with Gasteiger partial charge in [-0.1, -0.05) is 78.1 Å². The molecule has 0 heterocycles. The van der Waals surface area contributed by atoms with E-state index in [-0.39, 0.29) is 5.60 Å². The maximum Gasteiger partial charge on any atom is 0.0922 e. The van der Waals surface area contributed by atoms with Crippen molar-refractivity contribution in [3.05, 3.63) is 0 Å². The number of aliphatic hydroxyl groups excluding tert-OH is 2. The molecule has 0 aromatic heterocycles. The monoisotopic (exact) mass is 403 g/mol. The van der Waals surface area contributed by atoms with Crippen molar-refractivity contribution < 1.29 is 14.9 Å². The summed E-state index contributed by atoms with van der Waals surface area (Å²) in [7, 11) is 3.77. The lowest BCUT2D eigenvalue weighted by Gasteiger charge is -2.22. The third kappa shape index (κ3) is 22.1. The van der Waals surface area contributed by atoms with Crippen LogP contribution >= 0.6 is 0 Å². The second-order valence-corrected chi connectivity index (χ2v) is 8.97. The van der Waals surface area contributed by atoms with Crippen molar-refractivity contribution in [2.45, 2.75) is 129 Å². The fourth-order valence-electron chi connectivity index (χ4n) is 3.14. The van der Waals surface area contributed by atoms with Crippen LogP contribution < -0.4 is 0 Å². The molecule has 0 rings (SSSR count). The average Bonchev–Trinajstić information content (AvgIpc) is 2.63. The SMILES string of the molecule is CCCC(C)(C)OC.CCCCCCCCCCCCN(C)CC(O)C(C)O. The van der Waals surface area contributed by atoms with Crippen LogP contribution in [0.2, 0.25) is 0 Å². The third-order valence-corrected chi connectivity index (χ3v) is 5.35. The van der Waals surface area contributed by atoms with E-state index in [0.29, 0.717) is 6.54 Å². The van der Waals surface area contributed by atoms with Crippen LogP contribution in [0.25, 0.3) is 0 Å². The van der Waals surface area contributed by atoms with Gasteiger partial charge in [0.05, 0.1) is 17.8 Å². The molecule has 0 fully saturated rings. The number of hydrogen-bond acceptors (Lipinski definition) is 4. The standard InChI is InChI=1S/C17H37NO2.C7H16O/c1-4-5-6-7-8-9-10-11-12-13-14-18(3)15-17(20)16(2)19;1-5-6-7(2,3)8-4/h16-17,19-20H,4-15H2,1-3H3;5-6H2,1-4H3. The Bertz CT molecular complexity index is 308. The van der Waals surface area contributed by atoms with Crippen LogP contribution in [0, 0.1) is 0 Å². The predicted molar refractivity (Wildman–Crippen MR) is 123 cm³/mol. The van der Waals surface area contributed by atoms with Gasteiger partial charge < -0.3 is 19.8 Å². The van der Waals surface area contributed by atoms with Gasteiger partial charge in [0.15, 0.2) is 0 Å². The van der Waals surface area contributed by atoms with Gasteiger partial charge in [-0.25, -0.2) is 0 Å². The van der Waals surface area contributed by atoms with E-state index in [4.69, 9.17) is 4.74 Å². The van der Waals surface area contributed by atoms with Gasteiger partial charge in [-0.3, -0.25) is 0 Å². The normalized spacial score (nSPS) is 13.9. The van der Waals surface area contributed by atoms with Gasteiger partial charge in [0.2, 0.25) is 0 Å². The van der Waals surface area contributed by atoms with Gasteiger partial charge >= 0.3 is 0 Å². The predicted octanol–water partition coefficient (Wildman–Crippen LogP) is 5.79. The van der Waals surface area contributed by atoms with Crippen LogP contribution in [-0.4, -0.2) is 60.2 Å². The number of aliphatic hydroxyl groups is 2. The topological polar surface area (TPSA) is 52.9 Å². The van der Waals surface area contributed by atoms with Gasteiger partial charge in [-0.05, 0) is 47.2 Å². The molecule has 4 heteroatoms. The van der Waals surface area contributed by atoms with Gasteiger partial charge in [-0.15, -0.1) is 0 Å². The summed E-state index contributed by atoms with van der Waals surface area (Å²) < 4.78 is 5.18. The molecule has 0 aromatic rings. The maximum atomic E-state index is 9.57. The van der Waals surface area contributed by atoms with E-state index in [0.717, 1.165) is 13.0 Å². The Labute approximate surface area is 177 Å². The largest absolute Gasteiger partial charge is 0.391 e. The Morgan fingerprint density at radius 3 is 1.64 bits per heavy atom. The fraction of sp³-hybridized carbons (Fsp3) is 1.00. The molecule has 0 radical (unpaired) electrons. The molecule has 0 aliphatic heterocycles. The molecule has 0 saturated heterocycles. The quantitative estimate of drug-likeness (QED) is 0.302. The summed E-state index contributed by atoms with van der Waals surface area (Å²) in [5.74, 6) is 0. The molecule has 0 bridgehead atoms. The molecular formula is C24H53NO3. The Hall–Kier alpha value is -0.160. The van der Waals surface area contributed by atoms with E-state index in [1.165, 1.54) is 70.6 Å². The van der Waals surface area contributed by atoms with Crippen LogP contribution in [0.4, 0.5) is 0 Å². The van der Waals surface area contributed by atoms with Crippen molar-refractivity contribution in [1.82, 2.24) is 4.90 Å². The summed E-state index contributed by atoms with van der Waals surface area (Å²) in [5.41, 5.74) is 0.0920. The lowest BCUT2D eigenvalue weighted by atomic mass is 10.0. The molecule has 0 saturated carbocycles. The number of ether oxygens (including phenoxy) is 1. The Balaban J connectivity index is 0. The van der Waals surface area contributed by atoms with E-state index in [2.05, 4.69) is 32.6 Å². The number of unbranched alkanes of at least 4 members (excludes halogenated alkanes) is 9. The number of hydrogen-bond donors (Lipinski definition) is 2. The summed E-state index contributed by atoms with van der Waals surface area (Å²) in [4.78, 5) is 2.11. The van der Waals surface area contributed by atoms with Crippen molar-refractivity contribution in [2.24, 2.45) is 0 Å². The first-order chi connectivity index (χ1) is 13.2. The van der Waals surface area contributed by atoms with Crippen LogP contribution in [-0.2, 0) is 4.74 Å². The molecular weight excluding hydrogens is 350 g/mol. The van der Waals surface area contributed by atoms with Gasteiger partial charge in [-0.2, -0.15) is 0 Å². The van der Waals surface area contributed by atoms with Crippen molar-refractivity contribution in [2.75, 3.05) is 27.2 Å². The highest BCUT2D eigenvalue weighted by molar-refractivity contribution is 4.66. The fourth-order valence-corrected chi connectivity index (χ4v) is 3.14. The number of rotatable bonds is 17. The van der Waals surface area contributed by atoms with Crippen molar-refractivity contribution >= 4 is 0 Å². The van der Waals surface area contributed by atoms with E-state index in [1.54, 1.807) is 14.0 Å². The minimum atomic E-state index is -0.634. The zero-order valence-corrected chi connectivity index (χ0v) is 20.3. The van der Waals surface area contributed by atoms with E-state index >= 15 is 0 Å². The zero-order valence-electron chi connectivity index (χ0n) is 20.3. The molecule has 0 spiro atoms. The summed E-state index contributed by atoms with van der Waals surface area (Å²) >= 11 is 0. The second-order valence-electron chi connectivity index (χ2n) is 8.97. The zero-order chi connectivity index (χ0) is 21.8. The molecule has 172 valence electrons. The summed E-state index contributed by atoms with van der Waals surface area (Å²) in [5, 5.41) is 18.8. The van der Waals surface area contributed by atoms with Crippen LogP contribution in [0.15, 0.2) is 0 Å². The first-order valence-electron chi connectivity index (χ1n) is 11.8. The van der Waals surface area contributed by atoms with Gasteiger partial charge in [0.1, 0.15) is 0 Å². The average molecular weight is 404 g/mol. The van der Waals surface area contributed by atoms with Crippen LogP contribution in [0.1, 0.15) is 112 Å².